The normalized spacial score (nSPS) is 17.7. The van der Waals surface area contributed by atoms with Crippen LogP contribution >= 0.6 is 0 Å². The minimum Gasteiger partial charge on any atom is -0.458 e. The largest absolute Gasteiger partial charge is 0.458 e. The molecule has 0 fully saturated rings. The quantitative estimate of drug-likeness (QED) is 0.154. The number of aryl methyl sites for hydroxylation is 1. The van der Waals surface area contributed by atoms with Gasteiger partial charge in [-0.05, 0) is 48.8 Å². The van der Waals surface area contributed by atoms with Gasteiger partial charge in [-0.15, -0.1) is 0 Å². The Kier molecular flexibility index (Phi) is 5.73. The van der Waals surface area contributed by atoms with Crippen molar-refractivity contribution in [2.45, 2.75) is 45.4 Å². The summed E-state index contributed by atoms with van der Waals surface area (Å²) in [6.45, 7) is 3.79. The van der Waals surface area contributed by atoms with Gasteiger partial charge in [-0.3, -0.25) is 9.59 Å². The average Bonchev–Trinajstić information content (AvgIpc) is 3.31. The number of hydrogen-bond acceptors (Lipinski definition) is 7. The number of allylic oxidation sites excluding steroid dienone is 1. The van der Waals surface area contributed by atoms with Gasteiger partial charge in [0.05, 0.1) is 29.0 Å². The van der Waals surface area contributed by atoms with E-state index in [4.69, 9.17) is 15.5 Å². The van der Waals surface area contributed by atoms with Crippen molar-refractivity contribution in [1.29, 1.82) is 0 Å². The Labute approximate surface area is 224 Å². The highest BCUT2D eigenvalue weighted by Gasteiger charge is 2.45. The molecule has 196 valence electrons. The van der Waals surface area contributed by atoms with Crippen LogP contribution in [0.2, 0.25) is 0 Å². The molecule has 6 rings (SSSR count). The third-order valence-electron chi connectivity index (χ3n) is 7.79. The Bertz CT molecular complexity index is 1790. The van der Waals surface area contributed by atoms with Crippen molar-refractivity contribution in [2.24, 2.45) is 0 Å². The Morgan fingerprint density at radius 2 is 1.95 bits per heavy atom. The summed E-state index contributed by atoms with van der Waals surface area (Å²) in [5, 5.41) is 11.9. The van der Waals surface area contributed by atoms with Crippen molar-refractivity contribution in [1.82, 2.24) is 9.55 Å². The molecule has 8 heteroatoms. The molecule has 0 unspecified atom stereocenters. The lowest BCUT2D eigenvalue weighted by atomic mass is 9.86. The number of fused-ring (bicyclic) bond motifs is 5. The molecule has 0 saturated carbocycles. The zero-order valence-corrected chi connectivity index (χ0v) is 21.7. The smallest absolute Gasteiger partial charge is 0.343 e. The number of carbonyl (C=O) groups is 2. The van der Waals surface area contributed by atoms with Gasteiger partial charge in [0.25, 0.3) is 5.56 Å². The molecule has 0 amide bonds. The molecule has 4 heterocycles. The van der Waals surface area contributed by atoms with E-state index in [-0.39, 0.29) is 42.0 Å². The average molecular weight is 522 g/mol. The first-order chi connectivity index (χ1) is 18.8. The summed E-state index contributed by atoms with van der Waals surface area (Å²) in [6, 6.07) is 14.5. The number of esters is 1. The molecule has 8 nitrogen and oxygen atoms in total. The number of ether oxygens (including phenoxy) is 1. The van der Waals surface area contributed by atoms with Crippen LogP contribution in [0.15, 0.2) is 59.4 Å². The fraction of sp³-hybridized carbons (Fsp3) is 0.226. The van der Waals surface area contributed by atoms with Crippen molar-refractivity contribution in [3.05, 3.63) is 98.3 Å². The summed E-state index contributed by atoms with van der Waals surface area (Å²) >= 11 is 0. The number of cyclic esters (lactones) is 1. The van der Waals surface area contributed by atoms with Crippen LogP contribution in [0.3, 0.4) is 0 Å². The fourth-order valence-electron chi connectivity index (χ4n) is 5.57. The second-order valence-electron chi connectivity index (χ2n) is 9.95. The summed E-state index contributed by atoms with van der Waals surface area (Å²) in [7, 11) is 0. The van der Waals surface area contributed by atoms with Crippen LogP contribution in [-0.2, 0) is 34.7 Å². The molecule has 2 aliphatic rings. The molecule has 0 aliphatic carbocycles. The van der Waals surface area contributed by atoms with Crippen LogP contribution in [0.4, 0.5) is 5.69 Å². The zero-order valence-electron chi connectivity index (χ0n) is 21.7. The minimum atomic E-state index is -1.88. The summed E-state index contributed by atoms with van der Waals surface area (Å²) in [6.07, 6.45) is 3.99. The van der Waals surface area contributed by atoms with Crippen molar-refractivity contribution in [3.8, 4) is 11.4 Å². The summed E-state index contributed by atoms with van der Waals surface area (Å²) in [5.41, 5.74) is 10.3. The van der Waals surface area contributed by atoms with Gasteiger partial charge in [0.15, 0.2) is 11.4 Å². The number of nitrogen functional groups attached to an aromatic ring is 1. The van der Waals surface area contributed by atoms with E-state index >= 15 is 0 Å². The highest BCUT2D eigenvalue weighted by atomic mass is 16.6. The van der Waals surface area contributed by atoms with Gasteiger partial charge in [-0.1, -0.05) is 44.2 Å². The number of nitrogens with two attached hydrogens (primary N) is 1. The molecule has 39 heavy (non-hydrogen) atoms. The highest BCUT2D eigenvalue weighted by molar-refractivity contribution is 6.08. The van der Waals surface area contributed by atoms with Crippen LogP contribution in [-0.4, -0.2) is 26.4 Å². The van der Waals surface area contributed by atoms with Crippen molar-refractivity contribution < 1.29 is 19.4 Å². The third-order valence-corrected chi connectivity index (χ3v) is 7.79. The maximum atomic E-state index is 13.5. The number of anilines is 1. The molecule has 0 bridgehead atoms. The number of aromatic nitrogens is 2. The van der Waals surface area contributed by atoms with E-state index in [1.807, 2.05) is 37.3 Å². The van der Waals surface area contributed by atoms with Crippen LogP contribution in [0.25, 0.3) is 28.4 Å². The van der Waals surface area contributed by atoms with E-state index in [9.17, 15) is 19.5 Å². The lowest BCUT2D eigenvalue weighted by Gasteiger charge is -2.31. The summed E-state index contributed by atoms with van der Waals surface area (Å²) in [5.74, 6) is -0.890. The van der Waals surface area contributed by atoms with Gasteiger partial charge in [0.1, 0.15) is 6.61 Å². The first-order valence-electron chi connectivity index (χ1n) is 13.0. The van der Waals surface area contributed by atoms with E-state index in [0.717, 1.165) is 22.0 Å². The molecule has 2 aliphatic heterocycles. The van der Waals surface area contributed by atoms with Crippen LogP contribution < -0.4 is 11.3 Å². The van der Waals surface area contributed by atoms with Gasteiger partial charge in [0, 0.05) is 33.3 Å². The molecule has 3 N–H and O–H groups in total. The standard InChI is InChI=1S/C31H27N3O5/c1-3-17-13-24(32)20(10-11-26(35)18-8-6-5-7-9-18)21-12-19-15-34-25(28(19)33-27(17)21)14-23-22(29(34)36)16-39-30(37)31(23,38)4-2/h5-14,38H,3-4,15-16,32H2,1-2H3/b11-10+/t31-/m0/s1. The van der Waals surface area contributed by atoms with E-state index < -0.39 is 11.6 Å². The number of ketones is 1. The molecule has 4 aromatic rings. The predicted octanol–water partition coefficient (Wildman–Crippen LogP) is 4.12. The van der Waals surface area contributed by atoms with Crippen molar-refractivity contribution in [3.63, 3.8) is 0 Å². The predicted molar refractivity (Wildman–Crippen MR) is 148 cm³/mol. The molecule has 2 aromatic carbocycles. The first kappa shape index (κ1) is 24.8. The first-order valence-corrected chi connectivity index (χ1v) is 13.0. The van der Waals surface area contributed by atoms with E-state index in [2.05, 4.69) is 0 Å². The molecule has 0 saturated heterocycles. The molecule has 0 spiro atoms. The Morgan fingerprint density at radius 3 is 2.67 bits per heavy atom. The number of nitrogens with zero attached hydrogens (tertiary/aromatic N) is 2. The number of benzene rings is 2. The van der Waals surface area contributed by atoms with Crippen LogP contribution in [0.5, 0.6) is 0 Å². The van der Waals surface area contributed by atoms with Gasteiger partial charge in [-0.2, -0.15) is 0 Å². The Morgan fingerprint density at radius 1 is 1.18 bits per heavy atom. The third kappa shape index (κ3) is 3.71. The van der Waals surface area contributed by atoms with E-state index in [0.29, 0.717) is 34.6 Å². The minimum absolute atomic E-state index is 0.0798. The van der Waals surface area contributed by atoms with Crippen molar-refractivity contribution in [2.75, 3.05) is 5.73 Å². The second-order valence-corrected chi connectivity index (χ2v) is 9.95. The molecule has 2 aromatic heterocycles. The Balaban J connectivity index is 1.53. The SMILES string of the molecule is CCc1cc(N)c(/C=C/C(=O)c2ccccc2)c2cc3c(nc12)-c1cc2c(c(=O)n1C3)COC(=O)[C@]2(O)CC. The molecular weight excluding hydrogens is 494 g/mol. The number of carbonyl (C=O) groups excluding carboxylic acids is 2. The maximum absolute atomic E-state index is 13.5. The number of hydrogen-bond donors (Lipinski definition) is 2. The Hall–Kier alpha value is -4.56. The number of rotatable bonds is 5. The van der Waals surface area contributed by atoms with Crippen molar-refractivity contribution >= 4 is 34.4 Å². The molecule has 0 radical (unpaired) electrons. The summed E-state index contributed by atoms with van der Waals surface area (Å²) < 4.78 is 6.77. The number of pyridine rings is 2. The number of aliphatic hydroxyl groups is 1. The van der Waals surface area contributed by atoms with Crippen LogP contribution in [0, 0.1) is 0 Å². The van der Waals surface area contributed by atoms with Gasteiger partial charge in [-0.25, -0.2) is 9.78 Å². The van der Waals surface area contributed by atoms with Crippen LogP contribution in [0.1, 0.15) is 58.4 Å². The topological polar surface area (TPSA) is 125 Å². The lowest BCUT2D eigenvalue weighted by molar-refractivity contribution is -0.172. The van der Waals surface area contributed by atoms with E-state index in [1.165, 1.54) is 6.08 Å². The second kappa shape index (κ2) is 9.03. The molecular formula is C31H27N3O5. The maximum Gasteiger partial charge on any atom is 0.343 e. The lowest BCUT2D eigenvalue weighted by Crippen LogP contribution is -2.44. The van der Waals surface area contributed by atoms with Gasteiger partial charge in [0.2, 0.25) is 0 Å². The van der Waals surface area contributed by atoms with E-state index in [1.54, 1.807) is 35.8 Å². The fourth-order valence-corrected chi connectivity index (χ4v) is 5.57. The van der Waals surface area contributed by atoms with Gasteiger partial charge >= 0.3 is 5.97 Å². The van der Waals surface area contributed by atoms with Gasteiger partial charge < -0.3 is 20.1 Å². The molecule has 1 atom stereocenters. The zero-order chi connectivity index (χ0) is 27.5. The monoisotopic (exact) mass is 521 g/mol. The highest BCUT2D eigenvalue weighted by Crippen LogP contribution is 2.40. The summed E-state index contributed by atoms with van der Waals surface area (Å²) in [4.78, 5) is 43.7.